The van der Waals surface area contributed by atoms with Crippen LogP contribution in [0.15, 0.2) is 48.8 Å². The standard InChI is InChI=1S/C13H12N2O4S.C10H16N2O/c1-7-10(12(17)18)20-13(14-7)15-11(16)8-3-5-9(19-2)6-4-8;1-2-3-4-8-13-12-10-6-5-7-11-9-10/h3-6H,1-2H3,(H,17,18)(H,14,15,16);5-7,9,12H,2-4,8H2,1H3. The number of nitrogens with zero attached hydrogens (tertiary/aromatic N) is 2. The summed E-state index contributed by atoms with van der Waals surface area (Å²) in [7, 11) is 1.54. The molecule has 0 atom stereocenters. The number of hydrogen-bond acceptors (Lipinski definition) is 8. The zero-order chi connectivity index (χ0) is 24.1. The Morgan fingerprint density at radius 1 is 1.15 bits per heavy atom. The van der Waals surface area contributed by atoms with Crippen molar-refractivity contribution in [1.82, 2.24) is 9.97 Å². The fraction of sp³-hybridized carbons (Fsp3) is 0.304. The van der Waals surface area contributed by atoms with Crippen molar-refractivity contribution in [2.24, 2.45) is 0 Å². The Balaban J connectivity index is 0.000000257. The second-order valence-electron chi connectivity index (χ2n) is 6.82. The SMILES string of the molecule is CCCCCONc1cccnc1.COc1ccc(C(=O)Nc2nc(C)c(C(=O)O)s2)cc1. The van der Waals surface area contributed by atoms with Gasteiger partial charge >= 0.3 is 5.97 Å². The third-order valence-corrected chi connectivity index (χ3v) is 5.33. The van der Waals surface area contributed by atoms with E-state index < -0.39 is 5.97 Å². The van der Waals surface area contributed by atoms with Gasteiger partial charge in [-0.2, -0.15) is 0 Å². The molecule has 0 radical (unpaired) electrons. The summed E-state index contributed by atoms with van der Waals surface area (Å²) in [6.45, 7) is 4.51. The molecule has 2 heterocycles. The van der Waals surface area contributed by atoms with Gasteiger partial charge in [-0.15, -0.1) is 0 Å². The van der Waals surface area contributed by atoms with Gasteiger partial charge in [0.25, 0.3) is 5.91 Å². The molecule has 0 aliphatic rings. The lowest BCUT2D eigenvalue weighted by molar-refractivity contribution is 0.0701. The van der Waals surface area contributed by atoms with Crippen molar-refractivity contribution >= 4 is 34.0 Å². The van der Waals surface area contributed by atoms with E-state index in [2.05, 4.69) is 27.7 Å². The molecular weight excluding hydrogens is 444 g/mol. The van der Waals surface area contributed by atoms with Gasteiger partial charge in [-0.25, -0.2) is 9.78 Å². The molecule has 0 fully saturated rings. The minimum Gasteiger partial charge on any atom is -0.497 e. The van der Waals surface area contributed by atoms with Crippen molar-refractivity contribution in [3.63, 3.8) is 0 Å². The largest absolute Gasteiger partial charge is 0.497 e. The number of aromatic carboxylic acids is 1. The fourth-order valence-corrected chi connectivity index (χ4v) is 3.34. The normalized spacial score (nSPS) is 10.0. The smallest absolute Gasteiger partial charge is 0.347 e. The van der Waals surface area contributed by atoms with Crippen molar-refractivity contribution < 1.29 is 24.3 Å². The highest BCUT2D eigenvalue weighted by Crippen LogP contribution is 2.23. The van der Waals surface area contributed by atoms with Gasteiger partial charge in [0, 0.05) is 11.8 Å². The third kappa shape index (κ3) is 8.87. The highest BCUT2D eigenvalue weighted by atomic mass is 32.1. The summed E-state index contributed by atoms with van der Waals surface area (Å²) < 4.78 is 5.01. The molecule has 10 heteroatoms. The Morgan fingerprint density at radius 3 is 2.48 bits per heavy atom. The van der Waals surface area contributed by atoms with E-state index in [1.807, 2.05) is 12.1 Å². The highest BCUT2D eigenvalue weighted by molar-refractivity contribution is 7.17. The van der Waals surface area contributed by atoms with Crippen LogP contribution in [-0.4, -0.2) is 40.7 Å². The number of aryl methyl sites for hydroxylation is 1. The topological polar surface area (TPSA) is 123 Å². The van der Waals surface area contributed by atoms with E-state index in [9.17, 15) is 9.59 Å². The van der Waals surface area contributed by atoms with E-state index in [4.69, 9.17) is 14.7 Å². The number of carbonyl (C=O) groups is 2. The molecule has 0 aliphatic heterocycles. The van der Waals surface area contributed by atoms with E-state index in [-0.39, 0.29) is 15.9 Å². The zero-order valence-electron chi connectivity index (χ0n) is 18.8. The number of nitrogens with one attached hydrogen (secondary N) is 2. The van der Waals surface area contributed by atoms with Gasteiger partial charge in [-0.05, 0) is 49.7 Å². The van der Waals surface area contributed by atoms with E-state index in [1.54, 1.807) is 50.7 Å². The van der Waals surface area contributed by atoms with Gasteiger partial charge in [0.1, 0.15) is 10.6 Å². The Hall–Kier alpha value is -3.50. The molecule has 176 valence electrons. The second kappa shape index (κ2) is 13.8. The maximum Gasteiger partial charge on any atom is 0.347 e. The first kappa shape index (κ1) is 25.8. The van der Waals surface area contributed by atoms with Crippen molar-refractivity contribution in [3.05, 3.63) is 64.9 Å². The minimum atomic E-state index is -1.05. The van der Waals surface area contributed by atoms with Crippen LogP contribution in [0.4, 0.5) is 10.8 Å². The van der Waals surface area contributed by atoms with Gasteiger partial charge in [0.15, 0.2) is 5.13 Å². The molecule has 9 nitrogen and oxygen atoms in total. The van der Waals surface area contributed by atoms with E-state index in [1.165, 1.54) is 12.8 Å². The van der Waals surface area contributed by atoms with E-state index >= 15 is 0 Å². The lowest BCUT2D eigenvalue weighted by atomic mass is 10.2. The number of rotatable bonds is 10. The summed E-state index contributed by atoms with van der Waals surface area (Å²) in [6.07, 6.45) is 7.01. The number of aromatic nitrogens is 2. The number of anilines is 2. The molecule has 33 heavy (non-hydrogen) atoms. The lowest BCUT2D eigenvalue weighted by Crippen LogP contribution is -2.11. The molecule has 1 aromatic carbocycles. The quantitative estimate of drug-likeness (QED) is 0.277. The molecular formula is C23H28N4O5S. The van der Waals surface area contributed by atoms with Crippen molar-refractivity contribution in [2.75, 3.05) is 24.5 Å². The number of thiazole rings is 1. The van der Waals surface area contributed by atoms with Gasteiger partial charge in [-0.3, -0.25) is 25.4 Å². The fourth-order valence-electron chi connectivity index (χ4n) is 2.54. The number of hydrogen-bond donors (Lipinski definition) is 3. The van der Waals surface area contributed by atoms with Crippen LogP contribution < -0.4 is 15.5 Å². The monoisotopic (exact) mass is 472 g/mol. The van der Waals surface area contributed by atoms with Crippen LogP contribution in [-0.2, 0) is 4.84 Å². The van der Waals surface area contributed by atoms with Crippen molar-refractivity contribution in [3.8, 4) is 5.75 Å². The van der Waals surface area contributed by atoms with Crippen LogP contribution in [0, 0.1) is 6.92 Å². The molecule has 3 rings (SSSR count). The maximum atomic E-state index is 12.0. The van der Waals surface area contributed by atoms with Crippen LogP contribution in [0.2, 0.25) is 0 Å². The molecule has 0 saturated carbocycles. The number of unbranched alkanes of at least 4 members (excludes halogenated alkanes) is 2. The molecule has 2 aromatic heterocycles. The van der Waals surface area contributed by atoms with Crippen LogP contribution >= 0.6 is 11.3 Å². The third-order valence-electron chi connectivity index (χ3n) is 4.27. The number of amides is 1. The molecule has 0 unspecified atom stereocenters. The summed E-state index contributed by atoms with van der Waals surface area (Å²) in [4.78, 5) is 36.2. The number of ether oxygens (including phenoxy) is 1. The molecule has 0 bridgehead atoms. The van der Waals surface area contributed by atoms with Crippen LogP contribution in [0.3, 0.4) is 0 Å². The van der Waals surface area contributed by atoms with Crippen LogP contribution in [0.5, 0.6) is 5.75 Å². The molecule has 0 spiro atoms. The first-order chi connectivity index (χ1) is 15.9. The number of benzene rings is 1. The highest BCUT2D eigenvalue weighted by Gasteiger charge is 2.16. The minimum absolute atomic E-state index is 0.120. The van der Waals surface area contributed by atoms with E-state index in [0.29, 0.717) is 17.0 Å². The molecule has 1 amide bonds. The number of carboxylic acid groups (broad SMARTS) is 1. The van der Waals surface area contributed by atoms with Crippen LogP contribution in [0.25, 0.3) is 0 Å². The Bertz CT molecular complexity index is 1010. The number of carbonyl (C=O) groups excluding carboxylic acids is 1. The van der Waals surface area contributed by atoms with Gasteiger partial charge in [-0.1, -0.05) is 31.1 Å². The summed E-state index contributed by atoms with van der Waals surface area (Å²) in [6, 6.07) is 10.4. The first-order valence-electron chi connectivity index (χ1n) is 10.4. The van der Waals surface area contributed by atoms with E-state index in [0.717, 1.165) is 30.1 Å². The lowest BCUT2D eigenvalue weighted by Gasteiger charge is -2.05. The summed E-state index contributed by atoms with van der Waals surface area (Å²) in [5, 5.41) is 11.8. The number of pyridine rings is 1. The molecule has 3 aromatic rings. The van der Waals surface area contributed by atoms with Gasteiger partial charge < -0.3 is 9.84 Å². The predicted molar refractivity (Wildman–Crippen MR) is 128 cm³/mol. The number of methoxy groups -OCH3 is 1. The Morgan fingerprint density at radius 2 is 1.91 bits per heavy atom. The van der Waals surface area contributed by atoms with Gasteiger partial charge in [0.05, 0.1) is 31.3 Å². The van der Waals surface area contributed by atoms with Crippen molar-refractivity contribution in [2.45, 2.75) is 33.1 Å². The Kier molecular flexibility index (Phi) is 10.8. The molecule has 0 saturated heterocycles. The average Bonchev–Trinajstić information content (AvgIpc) is 3.20. The predicted octanol–water partition coefficient (Wildman–Crippen LogP) is 5.03. The summed E-state index contributed by atoms with van der Waals surface area (Å²) >= 11 is 0.931. The number of carboxylic acids is 1. The van der Waals surface area contributed by atoms with Gasteiger partial charge in [0.2, 0.25) is 0 Å². The first-order valence-corrected chi connectivity index (χ1v) is 11.2. The van der Waals surface area contributed by atoms with Crippen molar-refractivity contribution in [1.29, 1.82) is 0 Å². The molecule has 3 N–H and O–H groups in total. The van der Waals surface area contributed by atoms with Crippen LogP contribution in [0.1, 0.15) is 51.9 Å². The summed E-state index contributed by atoms with van der Waals surface area (Å²) in [5.41, 5.74) is 4.57. The zero-order valence-corrected chi connectivity index (χ0v) is 19.6. The summed E-state index contributed by atoms with van der Waals surface area (Å²) in [5.74, 6) is -0.747. The Labute approximate surface area is 196 Å². The second-order valence-corrected chi connectivity index (χ2v) is 7.82. The average molecular weight is 473 g/mol. The maximum absolute atomic E-state index is 12.0. The molecule has 0 aliphatic carbocycles.